The van der Waals surface area contributed by atoms with Crippen LogP contribution in [0.3, 0.4) is 0 Å². The zero-order chi connectivity index (χ0) is 11.9. The molecular formula is C10H23N3O2. The second-order valence-electron chi connectivity index (χ2n) is 4.36. The number of hydrazine groups is 1. The van der Waals surface area contributed by atoms with Crippen LogP contribution in [-0.2, 0) is 4.79 Å². The van der Waals surface area contributed by atoms with Gasteiger partial charge in [-0.15, -0.1) is 0 Å². The van der Waals surface area contributed by atoms with E-state index in [1.807, 2.05) is 13.8 Å². The Labute approximate surface area is 91.6 Å². The molecule has 0 aliphatic rings. The number of aliphatic hydroxyl groups excluding tert-OH is 1. The van der Waals surface area contributed by atoms with Gasteiger partial charge in [-0.2, -0.15) is 0 Å². The maximum Gasteiger partial charge on any atom is 0.240 e. The molecule has 0 spiro atoms. The summed E-state index contributed by atoms with van der Waals surface area (Å²) in [5, 5.41) is 8.89. The number of carbonyl (C=O) groups is 1. The van der Waals surface area contributed by atoms with Gasteiger partial charge in [-0.1, -0.05) is 6.92 Å². The van der Waals surface area contributed by atoms with Gasteiger partial charge in [0.1, 0.15) is 0 Å². The minimum Gasteiger partial charge on any atom is -0.395 e. The van der Waals surface area contributed by atoms with Crippen LogP contribution in [-0.4, -0.2) is 42.2 Å². The molecule has 5 heteroatoms. The van der Waals surface area contributed by atoms with E-state index in [-0.39, 0.29) is 12.5 Å². The Morgan fingerprint density at radius 1 is 1.47 bits per heavy atom. The monoisotopic (exact) mass is 217 g/mol. The van der Waals surface area contributed by atoms with Crippen LogP contribution in [0.4, 0.5) is 0 Å². The molecule has 15 heavy (non-hydrogen) atoms. The molecule has 5 nitrogen and oxygen atoms in total. The molecule has 0 saturated carbocycles. The quantitative estimate of drug-likeness (QED) is 0.311. The van der Waals surface area contributed by atoms with E-state index in [9.17, 15) is 4.79 Å². The molecule has 0 aromatic heterocycles. The van der Waals surface area contributed by atoms with Gasteiger partial charge in [0, 0.05) is 13.1 Å². The van der Waals surface area contributed by atoms with Crippen molar-refractivity contribution in [2.45, 2.75) is 27.2 Å². The van der Waals surface area contributed by atoms with Crippen molar-refractivity contribution in [2.24, 2.45) is 11.3 Å². The SMILES string of the molecule is CCCN(CCO)CC(C)(C)C(=O)NN. The van der Waals surface area contributed by atoms with Crippen LogP contribution in [0, 0.1) is 5.41 Å². The molecule has 0 radical (unpaired) electrons. The lowest BCUT2D eigenvalue weighted by Gasteiger charge is -2.30. The highest BCUT2D eigenvalue weighted by Gasteiger charge is 2.29. The number of aliphatic hydroxyl groups is 1. The van der Waals surface area contributed by atoms with Crippen LogP contribution < -0.4 is 11.3 Å². The molecular weight excluding hydrogens is 194 g/mol. The minimum atomic E-state index is -0.529. The third-order valence-electron chi connectivity index (χ3n) is 2.32. The first-order valence-electron chi connectivity index (χ1n) is 5.32. The van der Waals surface area contributed by atoms with E-state index >= 15 is 0 Å². The Balaban J connectivity index is 4.29. The van der Waals surface area contributed by atoms with Gasteiger partial charge in [-0.05, 0) is 26.8 Å². The zero-order valence-corrected chi connectivity index (χ0v) is 9.92. The first kappa shape index (κ1) is 14.3. The Bertz CT molecular complexity index is 189. The lowest BCUT2D eigenvalue weighted by atomic mass is 9.91. The van der Waals surface area contributed by atoms with Crippen molar-refractivity contribution in [3.8, 4) is 0 Å². The lowest BCUT2D eigenvalue weighted by Crippen LogP contribution is -2.48. The molecule has 0 aliphatic heterocycles. The fourth-order valence-electron chi connectivity index (χ4n) is 1.55. The normalized spacial score (nSPS) is 11.9. The van der Waals surface area contributed by atoms with E-state index in [1.165, 1.54) is 0 Å². The average Bonchev–Trinajstić information content (AvgIpc) is 2.16. The second-order valence-corrected chi connectivity index (χ2v) is 4.36. The van der Waals surface area contributed by atoms with Gasteiger partial charge in [-0.25, -0.2) is 5.84 Å². The van der Waals surface area contributed by atoms with Crippen LogP contribution in [0.5, 0.6) is 0 Å². The largest absolute Gasteiger partial charge is 0.395 e. The highest BCUT2D eigenvalue weighted by atomic mass is 16.3. The van der Waals surface area contributed by atoms with Gasteiger partial charge in [0.25, 0.3) is 0 Å². The summed E-state index contributed by atoms with van der Waals surface area (Å²) in [5.41, 5.74) is 1.64. The molecule has 0 heterocycles. The first-order chi connectivity index (χ1) is 6.97. The maximum absolute atomic E-state index is 11.5. The highest BCUT2D eigenvalue weighted by Crippen LogP contribution is 2.16. The standard InChI is InChI=1S/C10H23N3O2/c1-4-5-13(6-7-14)8-10(2,3)9(15)12-11/h14H,4-8,11H2,1-3H3,(H,12,15). The topological polar surface area (TPSA) is 78.6 Å². The van der Waals surface area contributed by atoms with E-state index in [4.69, 9.17) is 10.9 Å². The van der Waals surface area contributed by atoms with E-state index in [0.29, 0.717) is 13.1 Å². The molecule has 0 aliphatic carbocycles. The van der Waals surface area contributed by atoms with Crippen molar-refractivity contribution >= 4 is 5.91 Å². The summed E-state index contributed by atoms with van der Waals surface area (Å²) in [6, 6.07) is 0. The molecule has 0 atom stereocenters. The van der Waals surface area contributed by atoms with Crippen LogP contribution in [0.25, 0.3) is 0 Å². The third-order valence-corrected chi connectivity index (χ3v) is 2.32. The molecule has 0 saturated heterocycles. The van der Waals surface area contributed by atoms with Gasteiger partial charge in [0.15, 0.2) is 0 Å². The summed E-state index contributed by atoms with van der Waals surface area (Å²) in [7, 11) is 0. The van der Waals surface area contributed by atoms with Crippen molar-refractivity contribution in [3.63, 3.8) is 0 Å². The van der Waals surface area contributed by atoms with Crippen molar-refractivity contribution in [2.75, 3.05) is 26.2 Å². The van der Waals surface area contributed by atoms with E-state index in [2.05, 4.69) is 17.2 Å². The zero-order valence-electron chi connectivity index (χ0n) is 9.92. The summed E-state index contributed by atoms with van der Waals surface area (Å²) in [4.78, 5) is 13.5. The van der Waals surface area contributed by atoms with Gasteiger partial charge in [0.2, 0.25) is 5.91 Å². The van der Waals surface area contributed by atoms with Crippen LogP contribution >= 0.6 is 0 Å². The molecule has 4 N–H and O–H groups in total. The summed E-state index contributed by atoms with van der Waals surface area (Å²) in [5.74, 6) is 4.94. The lowest BCUT2D eigenvalue weighted by molar-refractivity contribution is -0.130. The molecule has 0 rings (SSSR count). The number of nitrogens with one attached hydrogen (secondary N) is 1. The van der Waals surface area contributed by atoms with Gasteiger partial charge in [0.05, 0.1) is 12.0 Å². The van der Waals surface area contributed by atoms with E-state index in [1.54, 1.807) is 0 Å². The number of hydrogen-bond acceptors (Lipinski definition) is 4. The number of amides is 1. The Kier molecular flexibility index (Phi) is 6.47. The third kappa shape index (κ3) is 5.11. The predicted octanol–water partition coefficient (Wildman–Crippen LogP) is -0.293. The summed E-state index contributed by atoms with van der Waals surface area (Å²) in [6.07, 6.45) is 1.00. The molecule has 90 valence electrons. The average molecular weight is 217 g/mol. The Morgan fingerprint density at radius 2 is 2.07 bits per heavy atom. The number of nitrogens with zero attached hydrogens (tertiary/aromatic N) is 1. The summed E-state index contributed by atoms with van der Waals surface area (Å²) in [6.45, 7) is 7.94. The fraction of sp³-hybridized carbons (Fsp3) is 0.900. The molecule has 0 bridgehead atoms. The molecule has 0 unspecified atom stereocenters. The summed E-state index contributed by atoms with van der Waals surface area (Å²) >= 11 is 0. The predicted molar refractivity (Wildman–Crippen MR) is 59.9 cm³/mol. The molecule has 0 aromatic rings. The van der Waals surface area contributed by atoms with Gasteiger partial charge >= 0.3 is 0 Å². The summed E-state index contributed by atoms with van der Waals surface area (Å²) < 4.78 is 0. The van der Waals surface area contributed by atoms with Crippen molar-refractivity contribution in [1.82, 2.24) is 10.3 Å². The van der Waals surface area contributed by atoms with Crippen molar-refractivity contribution in [3.05, 3.63) is 0 Å². The molecule has 0 fully saturated rings. The Morgan fingerprint density at radius 3 is 2.47 bits per heavy atom. The van der Waals surface area contributed by atoms with Crippen LogP contribution in [0.15, 0.2) is 0 Å². The number of nitrogens with two attached hydrogens (primary N) is 1. The number of carbonyl (C=O) groups excluding carboxylic acids is 1. The van der Waals surface area contributed by atoms with Crippen molar-refractivity contribution < 1.29 is 9.90 Å². The maximum atomic E-state index is 11.5. The van der Waals surface area contributed by atoms with Crippen molar-refractivity contribution in [1.29, 1.82) is 0 Å². The first-order valence-corrected chi connectivity index (χ1v) is 5.32. The Hall–Kier alpha value is -0.650. The number of rotatable bonds is 7. The van der Waals surface area contributed by atoms with E-state index < -0.39 is 5.41 Å². The second kappa shape index (κ2) is 6.76. The molecule has 0 aromatic carbocycles. The van der Waals surface area contributed by atoms with Gasteiger partial charge < -0.3 is 10.0 Å². The highest BCUT2D eigenvalue weighted by molar-refractivity contribution is 5.81. The van der Waals surface area contributed by atoms with E-state index in [0.717, 1.165) is 13.0 Å². The van der Waals surface area contributed by atoms with Crippen LogP contribution in [0.2, 0.25) is 0 Å². The minimum absolute atomic E-state index is 0.111. The van der Waals surface area contributed by atoms with Gasteiger partial charge in [-0.3, -0.25) is 10.2 Å². The fourth-order valence-corrected chi connectivity index (χ4v) is 1.55. The molecule has 1 amide bonds. The van der Waals surface area contributed by atoms with Crippen LogP contribution in [0.1, 0.15) is 27.2 Å². The smallest absolute Gasteiger partial charge is 0.240 e. The number of hydrogen-bond donors (Lipinski definition) is 3.